The minimum atomic E-state index is -0.609. The number of rotatable bonds is 12. The van der Waals surface area contributed by atoms with Gasteiger partial charge < -0.3 is 37.9 Å². The summed E-state index contributed by atoms with van der Waals surface area (Å²) in [4.78, 5) is 25.2. The van der Waals surface area contributed by atoms with E-state index in [1.54, 1.807) is 48.5 Å². The van der Waals surface area contributed by atoms with Gasteiger partial charge in [0.15, 0.2) is 25.8 Å². The van der Waals surface area contributed by atoms with Crippen LogP contribution in [-0.2, 0) is 28.4 Å². The van der Waals surface area contributed by atoms with E-state index in [1.165, 1.54) is 0 Å². The first-order valence-electron chi connectivity index (χ1n) is 11.9. The largest absolute Gasteiger partial charge is 0.468 e. The first-order chi connectivity index (χ1) is 17.6. The van der Waals surface area contributed by atoms with Gasteiger partial charge in [-0.05, 0) is 62.4 Å². The molecule has 0 radical (unpaired) electrons. The zero-order chi connectivity index (χ0) is 25.3. The predicted molar refractivity (Wildman–Crippen MR) is 125 cm³/mol. The van der Waals surface area contributed by atoms with Crippen LogP contribution in [0.3, 0.4) is 0 Å². The van der Waals surface area contributed by atoms with E-state index in [0.29, 0.717) is 35.8 Å². The molecule has 2 saturated heterocycles. The van der Waals surface area contributed by atoms with Crippen LogP contribution in [0.1, 0.15) is 34.6 Å². The first kappa shape index (κ1) is 25.9. The summed E-state index contributed by atoms with van der Waals surface area (Å²) < 4.78 is 43.9. The monoisotopic (exact) mass is 502 g/mol. The van der Waals surface area contributed by atoms with Crippen LogP contribution in [0.5, 0.6) is 11.5 Å². The minimum Gasteiger partial charge on any atom is -0.468 e. The van der Waals surface area contributed by atoms with Crippen molar-refractivity contribution in [1.29, 1.82) is 0 Å². The molecule has 0 spiro atoms. The van der Waals surface area contributed by atoms with Crippen LogP contribution in [0.25, 0.3) is 0 Å². The van der Waals surface area contributed by atoms with E-state index in [4.69, 9.17) is 37.9 Å². The molecular formula is C26H30O10. The van der Waals surface area contributed by atoms with Crippen molar-refractivity contribution >= 4 is 11.9 Å². The van der Waals surface area contributed by atoms with Crippen molar-refractivity contribution in [2.45, 2.75) is 38.3 Å². The van der Waals surface area contributed by atoms with Gasteiger partial charge in [0.05, 0.1) is 24.3 Å². The van der Waals surface area contributed by atoms with E-state index in [0.717, 1.165) is 0 Å². The molecule has 0 aliphatic carbocycles. The second-order valence-corrected chi connectivity index (χ2v) is 8.04. The van der Waals surface area contributed by atoms with Crippen LogP contribution in [0.4, 0.5) is 0 Å². The Labute approximate surface area is 209 Å². The van der Waals surface area contributed by atoms with Gasteiger partial charge in [-0.2, -0.15) is 0 Å². The summed E-state index contributed by atoms with van der Waals surface area (Å²) in [5, 5.41) is 0. The lowest BCUT2D eigenvalue weighted by Gasteiger charge is -2.17. The van der Waals surface area contributed by atoms with E-state index in [1.807, 2.05) is 13.8 Å². The Hall–Kier alpha value is -3.18. The lowest BCUT2D eigenvalue weighted by Crippen LogP contribution is -2.36. The number of hydrogen-bond acceptors (Lipinski definition) is 10. The van der Waals surface area contributed by atoms with E-state index < -0.39 is 36.4 Å². The van der Waals surface area contributed by atoms with Crippen molar-refractivity contribution in [1.82, 2.24) is 0 Å². The summed E-state index contributed by atoms with van der Waals surface area (Å²) in [6.07, 6.45) is -2.26. The molecule has 4 atom stereocenters. The van der Waals surface area contributed by atoms with Crippen molar-refractivity contribution in [3.63, 3.8) is 0 Å². The molecule has 194 valence electrons. The fraction of sp³-hybridized carbons (Fsp3) is 0.462. The second-order valence-electron chi connectivity index (χ2n) is 8.04. The normalized spacial score (nSPS) is 22.6. The highest BCUT2D eigenvalue weighted by atomic mass is 16.7. The Morgan fingerprint density at radius 2 is 1.08 bits per heavy atom. The van der Waals surface area contributed by atoms with Crippen LogP contribution in [0, 0.1) is 0 Å². The Balaban J connectivity index is 1.26. The zero-order valence-electron chi connectivity index (χ0n) is 20.3. The van der Waals surface area contributed by atoms with Crippen molar-refractivity contribution in [2.24, 2.45) is 0 Å². The summed E-state index contributed by atoms with van der Waals surface area (Å²) in [6, 6.07) is 13.1. The topological polar surface area (TPSA) is 108 Å². The van der Waals surface area contributed by atoms with Crippen LogP contribution >= 0.6 is 0 Å². The first-order valence-corrected chi connectivity index (χ1v) is 11.9. The number of carbonyl (C=O) groups is 2. The average Bonchev–Trinajstić information content (AvgIpc) is 3.48. The second kappa shape index (κ2) is 12.7. The lowest BCUT2D eigenvalue weighted by atomic mass is 10.1. The standard InChI is InChI=1S/C26H30O10/c1-3-29-15-33-19-9-5-17(6-10-19)25(27)35-21-13-31-24-22(14-32-23(21)24)36-26(28)18-7-11-20(12-8-18)34-16-30-4-2/h5-12,21-24H,3-4,13-16H2,1-2H3/t21-,22+,23-,24-/m0/s1. The Morgan fingerprint density at radius 3 is 1.44 bits per heavy atom. The Bertz CT molecular complexity index is 909. The third-order valence-corrected chi connectivity index (χ3v) is 5.69. The summed E-state index contributed by atoms with van der Waals surface area (Å²) in [7, 11) is 0. The molecule has 2 fully saturated rings. The Kier molecular flexibility index (Phi) is 9.12. The quantitative estimate of drug-likeness (QED) is 0.244. The third-order valence-electron chi connectivity index (χ3n) is 5.69. The number of fused-ring (bicyclic) bond motifs is 1. The van der Waals surface area contributed by atoms with Gasteiger partial charge in [0.25, 0.3) is 0 Å². The molecule has 0 amide bonds. The number of benzene rings is 2. The van der Waals surface area contributed by atoms with Crippen molar-refractivity contribution in [3.8, 4) is 11.5 Å². The van der Waals surface area contributed by atoms with Crippen LogP contribution < -0.4 is 9.47 Å². The number of hydrogen-bond donors (Lipinski definition) is 0. The van der Waals surface area contributed by atoms with Gasteiger partial charge in [-0.25, -0.2) is 9.59 Å². The maximum absolute atomic E-state index is 12.6. The molecule has 0 unspecified atom stereocenters. The van der Waals surface area contributed by atoms with E-state index in [-0.39, 0.29) is 26.8 Å². The van der Waals surface area contributed by atoms with Gasteiger partial charge in [0, 0.05) is 13.2 Å². The van der Waals surface area contributed by atoms with Crippen molar-refractivity contribution < 1.29 is 47.5 Å². The molecule has 2 heterocycles. The Morgan fingerprint density at radius 1 is 0.694 bits per heavy atom. The van der Waals surface area contributed by atoms with Gasteiger partial charge in [0.2, 0.25) is 0 Å². The van der Waals surface area contributed by atoms with Crippen LogP contribution in [-0.4, -0.2) is 76.4 Å². The van der Waals surface area contributed by atoms with Crippen LogP contribution in [0.2, 0.25) is 0 Å². The molecule has 36 heavy (non-hydrogen) atoms. The van der Waals surface area contributed by atoms with Gasteiger partial charge in [-0.3, -0.25) is 0 Å². The average molecular weight is 503 g/mol. The maximum atomic E-state index is 12.6. The molecule has 2 aliphatic rings. The third kappa shape index (κ3) is 6.52. The maximum Gasteiger partial charge on any atom is 0.338 e. The minimum absolute atomic E-state index is 0.139. The summed E-state index contributed by atoms with van der Waals surface area (Å²) in [5.41, 5.74) is 0.744. The summed E-state index contributed by atoms with van der Waals surface area (Å²) >= 11 is 0. The molecule has 0 saturated carbocycles. The highest BCUT2D eigenvalue weighted by Gasteiger charge is 2.51. The van der Waals surface area contributed by atoms with Crippen molar-refractivity contribution in [3.05, 3.63) is 59.7 Å². The lowest BCUT2D eigenvalue weighted by molar-refractivity contribution is -0.0287. The fourth-order valence-electron chi connectivity index (χ4n) is 3.80. The van der Waals surface area contributed by atoms with Gasteiger partial charge in [0.1, 0.15) is 23.7 Å². The smallest absolute Gasteiger partial charge is 0.338 e. The molecular weight excluding hydrogens is 472 g/mol. The molecule has 0 aromatic heterocycles. The molecule has 0 N–H and O–H groups in total. The predicted octanol–water partition coefficient (Wildman–Crippen LogP) is 2.98. The fourth-order valence-corrected chi connectivity index (χ4v) is 3.80. The zero-order valence-corrected chi connectivity index (χ0v) is 20.3. The van der Waals surface area contributed by atoms with E-state index >= 15 is 0 Å². The van der Waals surface area contributed by atoms with Gasteiger partial charge >= 0.3 is 11.9 Å². The number of ether oxygens (including phenoxy) is 8. The SMILES string of the molecule is CCOCOc1ccc(C(=O)O[C@H]2CO[C@@H]3[C@H]2OC[C@H]3OC(=O)c2ccc(OCOCC)cc2)cc1. The number of carbonyl (C=O) groups excluding carboxylic acids is 2. The summed E-state index contributed by atoms with van der Waals surface area (Å²) in [6.45, 7) is 5.43. The van der Waals surface area contributed by atoms with E-state index in [2.05, 4.69) is 0 Å². The van der Waals surface area contributed by atoms with Gasteiger partial charge in [-0.1, -0.05) is 0 Å². The molecule has 2 aromatic rings. The number of esters is 2. The van der Waals surface area contributed by atoms with Gasteiger partial charge in [-0.15, -0.1) is 0 Å². The summed E-state index contributed by atoms with van der Waals surface area (Å²) in [5.74, 6) is 0.161. The molecule has 2 aromatic carbocycles. The molecule has 10 heteroatoms. The van der Waals surface area contributed by atoms with Crippen molar-refractivity contribution in [2.75, 3.05) is 40.0 Å². The molecule has 4 rings (SSSR count). The molecule has 0 bridgehead atoms. The molecule has 2 aliphatic heterocycles. The highest BCUT2D eigenvalue weighted by Crippen LogP contribution is 2.31. The van der Waals surface area contributed by atoms with E-state index in [9.17, 15) is 9.59 Å². The molecule has 10 nitrogen and oxygen atoms in total. The highest BCUT2D eigenvalue weighted by molar-refractivity contribution is 5.90. The van der Waals surface area contributed by atoms with Crippen LogP contribution in [0.15, 0.2) is 48.5 Å².